The molecule has 0 aliphatic carbocycles. The summed E-state index contributed by atoms with van der Waals surface area (Å²) in [6, 6.07) is 6.60. The summed E-state index contributed by atoms with van der Waals surface area (Å²) >= 11 is 0. The zero-order chi connectivity index (χ0) is 17.7. The van der Waals surface area contributed by atoms with Gasteiger partial charge in [0.2, 0.25) is 0 Å². The van der Waals surface area contributed by atoms with Gasteiger partial charge in [0.15, 0.2) is 0 Å². The van der Waals surface area contributed by atoms with Gasteiger partial charge in [-0.2, -0.15) is 0 Å². The van der Waals surface area contributed by atoms with Crippen LogP contribution in [-0.4, -0.2) is 58.9 Å². The van der Waals surface area contributed by atoms with E-state index < -0.39 is 11.9 Å². The number of hydrogen-bond donors (Lipinski definition) is 1. The molecule has 6 nitrogen and oxygen atoms in total. The molecule has 1 heterocycles. The molecule has 2 rings (SSSR count). The Morgan fingerprint density at radius 2 is 1.71 bits per heavy atom. The van der Waals surface area contributed by atoms with Crippen molar-refractivity contribution in [3.63, 3.8) is 0 Å². The highest BCUT2D eigenvalue weighted by Crippen LogP contribution is 2.19. The summed E-state index contributed by atoms with van der Waals surface area (Å²) in [5, 5.41) is 9.12. The summed E-state index contributed by atoms with van der Waals surface area (Å²) in [4.78, 5) is 39.2. The van der Waals surface area contributed by atoms with Gasteiger partial charge in [0, 0.05) is 37.3 Å². The van der Waals surface area contributed by atoms with Gasteiger partial charge in [-0.3, -0.25) is 14.4 Å². The van der Waals surface area contributed by atoms with Crippen LogP contribution in [0, 0.1) is 5.92 Å². The zero-order valence-corrected chi connectivity index (χ0v) is 14.2. The van der Waals surface area contributed by atoms with Crippen LogP contribution in [0.15, 0.2) is 24.3 Å². The number of carboxylic acids is 1. The molecule has 0 radical (unpaired) electrons. The van der Waals surface area contributed by atoms with Crippen molar-refractivity contribution < 1.29 is 19.5 Å². The van der Waals surface area contributed by atoms with E-state index in [2.05, 4.69) is 0 Å². The standard InChI is InChI=1S/C18H24N2O4/c1-3-19(4-2)16(21)13-7-9-14(10-8-13)17(22)20-11-5-6-15(12-20)18(23)24/h7-10,15H,3-6,11-12H2,1-2H3,(H,23,24)/t15-/m0/s1. The molecule has 0 unspecified atom stereocenters. The van der Waals surface area contributed by atoms with Crippen LogP contribution < -0.4 is 0 Å². The van der Waals surface area contributed by atoms with Crippen LogP contribution in [0.25, 0.3) is 0 Å². The van der Waals surface area contributed by atoms with Crippen molar-refractivity contribution in [1.82, 2.24) is 9.80 Å². The van der Waals surface area contributed by atoms with Crippen molar-refractivity contribution in [2.45, 2.75) is 26.7 Å². The van der Waals surface area contributed by atoms with Crippen molar-refractivity contribution in [3.8, 4) is 0 Å². The van der Waals surface area contributed by atoms with E-state index in [1.807, 2.05) is 13.8 Å². The summed E-state index contributed by atoms with van der Waals surface area (Å²) < 4.78 is 0. The summed E-state index contributed by atoms with van der Waals surface area (Å²) in [5.74, 6) is -1.58. The second kappa shape index (κ2) is 7.95. The minimum absolute atomic E-state index is 0.0529. The van der Waals surface area contributed by atoms with E-state index in [0.717, 1.165) is 0 Å². The van der Waals surface area contributed by atoms with Gasteiger partial charge in [0.25, 0.3) is 11.8 Å². The predicted octanol–water partition coefficient (Wildman–Crippen LogP) is 2.11. The summed E-state index contributed by atoms with van der Waals surface area (Å²) in [7, 11) is 0. The first-order valence-corrected chi connectivity index (χ1v) is 8.39. The monoisotopic (exact) mass is 332 g/mol. The molecule has 1 saturated heterocycles. The molecule has 24 heavy (non-hydrogen) atoms. The molecule has 1 aliphatic heterocycles. The fourth-order valence-corrected chi connectivity index (χ4v) is 2.99. The second-order valence-electron chi connectivity index (χ2n) is 5.98. The molecule has 1 fully saturated rings. The lowest BCUT2D eigenvalue weighted by Crippen LogP contribution is -2.42. The molecule has 0 aromatic heterocycles. The highest BCUT2D eigenvalue weighted by molar-refractivity contribution is 5.98. The van der Waals surface area contributed by atoms with Gasteiger partial charge >= 0.3 is 5.97 Å². The van der Waals surface area contributed by atoms with E-state index in [0.29, 0.717) is 43.6 Å². The second-order valence-corrected chi connectivity index (χ2v) is 5.98. The van der Waals surface area contributed by atoms with Crippen molar-refractivity contribution in [1.29, 1.82) is 0 Å². The topological polar surface area (TPSA) is 77.9 Å². The number of rotatable bonds is 5. The maximum absolute atomic E-state index is 12.5. The van der Waals surface area contributed by atoms with Gasteiger partial charge in [-0.1, -0.05) is 0 Å². The summed E-state index contributed by atoms with van der Waals surface area (Å²) in [6.45, 7) is 5.95. The number of aliphatic carboxylic acids is 1. The number of carbonyl (C=O) groups is 3. The highest BCUT2D eigenvalue weighted by Gasteiger charge is 2.28. The van der Waals surface area contributed by atoms with Crippen LogP contribution in [0.3, 0.4) is 0 Å². The molecule has 1 aromatic carbocycles. The van der Waals surface area contributed by atoms with E-state index in [-0.39, 0.29) is 18.4 Å². The third kappa shape index (κ3) is 3.93. The van der Waals surface area contributed by atoms with Crippen molar-refractivity contribution in [3.05, 3.63) is 35.4 Å². The lowest BCUT2D eigenvalue weighted by molar-refractivity contribution is -0.143. The maximum Gasteiger partial charge on any atom is 0.308 e. The van der Waals surface area contributed by atoms with Crippen molar-refractivity contribution >= 4 is 17.8 Å². The molecule has 0 saturated carbocycles. The zero-order valence-electron chi connectivity index (χ0n) is 14.2. The summed E-state index contributed by atoms with van der Waals surface area (Å²) in [5.41, 5.74) is 1.04. The number of likely N-dealkylation sites (tertiary alicyclic amines) is 1. The number of piperidine rings is 1. The first-order chi connectivity index (χ1) is 11.5. The molecule has 6 heteroatoms. The van der Waals surface area contributed by atoms with Crippen LogP contribution >= 0.6 is 0 Å². The number of hydrogen-bond acceptors (Lipinski definition) is 3. The Bertz CT molecular complexity index is 608. The van der Waals surface area contributed by atoms with E-state index >= 15 is 0 Å². The molecular formula is C18H24N2O4. The fraction of sp³-hybridized carbons (Fsp3) is 0.500. The number of amides is 2. The van der Waals surface area contributed by atoms with E-state index in [4.69, 9.17) is 5.11 Å². The molecule has 2 amide bonds. The molecule has 130 valence electrons. The predicted molar refractivity (Wildman–Crippen MR) is 90.0 cm³/mol. The Hall–Kier alpha value is -2.37. The molecule has 0 spiro atoms. The van der Waals surface area contributed by atoms with E-state index in [9.17, 15) is 14.4 Å². The largest absolute Gasteiger partial charge is 0.481 e. The van der Waals surface area contributed by atoms with Crippen LogP contribution in [0.2, 0.25) is 0 Å². The number of nitrogens with zero attached hydrogens (tertiary/aromatic N) is 2. The quantitative estimate of drug-likeness (QED) is 0.896. The molecule has 1 atom stereocenters. The van der Waals surface area contributed by atoms with Crippen LogP contribution in [0.1, 0.15) is 47.4 Å². The third-order valence-corrected chi connectivity index (χ3v) is 4.49. The van der Waals surface area contributed by atoms with Crippen molar-refractivity contribution in [2.24, 2.45) is 5.92 Å². The number of carboxylic acid groups (broad SMARTS) is 1. The van der Waals surface area contributed by atoms with E-state index in [1.165, 1.54) is 0 Å². The first-order valence-electron chi connectivity index (χ1n) is 8.39. The summed E-state index contributed by atoms with van der Waals surface area (Å²) in [6.07, 6.45) is 1.30. The lowest BCUT2D eigenvalue weighted by Gasteiger charge is -2.30. The van der Waals surface area contributed by atoms with Gasteiger partial charge in [-0.15, -0.1) is 0 Å². The van der Waals surface area contributed by atoms with Gasteiger partial charge in [-0.25, -0.2) is 0 Å². The van der Waals surface area contributed by atoms with Crippen LogP contribution in [-0.2, 0) is 4.79 Å². The molecule has 0 bridgehead atoms. The SMILES string of the molecule is CCN(CC)C(=O)c1ccc(C(=O)N2CCC[C@H](C(=O)O)C2)cc1. The molecular weight excluding hydrogens is 308 g/mol. The van der Waals surface area contributed by atoms with Crippen LogP contribution in [0.5, 0.6) is 0 Å². The van der Waals surface area contributed by atoms with Crippen LogP contribution in [0.4, 0.5) is 0 Å². The van der Waals surface area contributed by atoms with Gasteiger partial charge in [0.05, 0.1) is 5.92 Å². The molecule has 1 aromatic rings. The normalized spacial score (nSPS) is 17.4. The van der Waals surface area contributed by atoms with Gasteiger partial charge in [0.1, 0.15) is 0 Å². The van der Waals surface area contributed by atoms with Gasteiger partial charge < -0.3 is 14.9 Å². The van der Waals surface area contributed by atoms with Crippen molar-refractivity contribution in [2.75, 3.05) is 26.2 Å². The highest BCUT2D eigenvalue weighted by atomic mass is 16.4. The Balaban J connectivity index is 2.08. The Labute approximate surface area is 142 Å². The average Bonchev–Trinajstić information content (AvgIpc) is 2.62. The Morgan fingerprint density at radius 3 is 2.25 bits per heavy atom. The third-order valence-electron chi connectivity index (χ3n) is 4.49. The Kier molecular flexibility index (Phi) is 5.95. The van der Waals surface area contributed by atoms with Gasteiger partial charge in [-0.05, 0) is 51.0 Å². The minimum Gasteiger partial charge on any atom is -0.481 e. The minimum atomic E-state index is -0.854. The average molecular weight is 332 g/mol. The Morgan fingerprint density at radius 1 is 1.12 bits per heavy atom. The maximum atomic E-state index is 12.5. The fourth-order valence-electron chi connectivity index (χ4n) is 2.99. The lowest BCUT2D eigenvalue weighted by atomic mass is 9.97. The molecule has 1 aliphatic rings. The van der Waals surface area contributed by atoms with E-state index in [1.54, 1.807) is 34.1 Å². The number of carbonyl (C=O) groups excluding carboxylic acids is 2. The number of benzene rings is 1. The smallest absolute Gasteiger partial charge is 0.308 e. The first kappa shape index (κ1) is 18.0. The molecule has 1 N–H and O–H groups in total.